The van der Waals surface area contributed by atoms with Crippen molar-refractivity contribution in [3.8, 4) is 11.3 Å². The summed E-state index contributed by atoms with van der Waals surface area (Å²) in [5, 5.41) is 4.09. The highest BCUT2D eigenvalue weighted by molar-refractivity contribution is 5.86. The highest BCUT2D eigenvalue weighted by Crippen LogP contribution is 2.33. The number of fused-ring (bicyclic) bond motifs is 1. The van der Waals surface area contributed by atoms with Crippen LogP contribution in [0.15, 0.2) is 49.2 Å². The Balaban J connectivity index is 0.000000150. The summed E-state index contributed by atoms with van der Waals surface area (Å²) >= 11 is 0. The highest BCUT2D eigenvalue weighted by Gasteiger charge is 2.22. The fraction of sp³-hybridized carbons (Fsp3) is 0.375. The molecule has 2 aliphatic rings. The third kappa shape index (κ3) is 6.35. The van der Waals surface area contributed by atoms with E-state index in [1.807, 2.05) is 23.1 Å². The largest absolute Gasteiger partial charge is 0.381 e. The van der Waals surface area contributed by atoms with Crippen LogP contribution in [0.1, 0.15) is 43.8 Å². The van der Waals surface area contributed by atoms with Crippen LogP contribution < -0.4 is 0 Å². The fourth-order valence-electron chi connectivity index (χ4n) is 3.33. The summed E-state index contributed by atoms with van der Waals surface area (Å²) in [6.07, 6.45) is 13.3. The average molecular weight is 453 g/mol. The molecule has 0 atom stereocenters. The van der Waals surface area contributed by atoms with E-state index < -0.39 is 11.6 Å². The zero-order valence-electron chi connectivity index (χ0n) is 18.5. The van der Waals surface area contributed by atoms with Gasteiger partial charge in [-0.1, -0.05) is 0 Å². The summed E-state index contributed by atoms with van der Waals surface area (Å²) in [6, 6.07) is 6.02. The maximum atomic E-state index is 13.8. The van der Waals surface area contributed by atoms with Crippen LogP contribution in [-0.4, -0.2) is 42.9 Å². The maximum absolute atomic E-state index is 13.8. The van der Waals surface area contributed by atoms with E-state index in [1.165, 1.54) is 50.6 Å². The molecule has 0 unspecified atom stereocenters. The van der Waals surface area contributed by atoms with Crippen LogP contribution >= 0.6 is 0 Å². The van der Waals surface area contributed by atoms with Crippen LogP contribution in [-0.2, 0) is 4.74 Å². The lowest BCUT2D eigenvalue weighted by Gasteiger charge is -2.08. The standard InChI is InChI=1S/C13H8F2N4.C6H8N2.C5H10O/c1-7-5-16-12-11(17-6-18-13(12)19-7)9-3-2-8(14)4-10(9)15;1-4-7-8(5-1)6-2-3-6;1-2-4-6-5-3-1/h2-6H,1H3;1,4-6H,2-3H2;1-5H2. The van der Waals surface area contributed by atoms with Gasteiger partial charge in [-0.2, -0.15) is 5.10 Å². The molecule has 0 bridgehead atoms. The summed E-state index contributed by atoms with van der Waals surface area (Å²) in [6.45, 7) is 3.78. The van der Waals surface area contributed by atoms with Crippen molar-refractivity contribution in [3.63, 3.8) is 0 Å². The number of aromatic nitrogens is 6. The van der Waals surface area contributed by atoms with Gasteiger partial charge in [-0.25, -0.2) is 28.7 Å². The average Bonchev–Trinajstić information content (AvgIpc) is 3.54. The molecule has 0 radical (unpaired) electrons. The van der Waals surface area contributed by atoms with Crippen LogP contribution in [0.2, 0.25) is 0 Å². The molecule has 1 aliphatic carbocycles. The van der Waals surface area contributed by atoms with Crippen molar-refractivity contribution in [2.24, 2.45) is 0 Å². The normalized spacial score (nSPS) is 15.2. The molecule has 1 saturated heterocycles. The van der Waals surface area contributed by atoms with Gasteiger partial charge in [-0.3, -0.25) is 4.68 Å². The maximum Gasteiger partial charge on any atom is 0.182 e. The first-order valence-corrected chi connectivity index (χ1v) is 11.1. The van der Waals surface area contributed by atoms with Gasteiger partial charge in [0, 0.05) is 43.4 Å². The molecule has 3 aromatic heterocycles. The third-order valence-electron chi connectivity index (χ3n) is 5.18. The molecule has 0 spiro atoms. The molecular weight excluding hydrogens is 426 g/mol. The third-order valence-corrected chi connectivity index (χ3v) is 5.18. The Morgan fingerprint density at radius 3 is 2.45 bits per heavy atom. The minimum Gasteiger partial charge on any atom is -0.381 e. The topological polar surface area (TPSA) is 78.6 Å². The smallest absolute Gasteiger partial charge is 0.182 e. The molecule has 1 saturated carbocycles. The second-order valence-corrected chi connectivity index (χ2v) is 7.92. The van der Waals surface area contributed by atoms with Crippen molar-refractivity contribution in [2.45, 2.75) is 45.1 Å². The van der Waals surface area contributed by atoms with E-state index in [2.05, 4.69) is 25.0 Å². The Bertz CT molecular complexity index is 1170. The quantitative estimate of drug-likeness (QED) is 0.422. The van der Waals surface area contributed by atoms with Crippen LogP contribution in [0.3, 0.4) is 0 Å². The zero-order valence-corrected chi connectivity index (χ0v) is 18.5. The van der Waals surface area contributed by atoms with E-state index in [0.29, 0.717) is 22.6 Å². The number of nitrogens with zero attached hydrogens (tertiary/aromatic N) is 6. The van der Waals surface area contributed by atoms with Crippen molar-refractivity contribution in [1.82, 2.24) is 29.7 Å². The molecule has 0 amide bonds. The van der Waals surface area contributed by atoms with Gasteiger partial charge in [0.05, 0.1) is 11.7 Å². The number of aryl methyl sites for hydroxylation is 1. The van der Waals surface area contributed by atoms with Crippen molar-refractivity contribution in [3.05, 3.63) is 66.5 Å². The summed E-state index contributed by atoms with van der Waals surface area (Å²) in [5.74, 6) is -1.33. The first-order chi connectivity index (χ1) is 16.1. The lowest BCUT2D eigenvalue weighted by atomic mass is 10.1. The van der Waals surface area contributed by atoms with E-state index in [9.17, 15) is 8.78 Å². The van der Waals surface area contributed by atoms with Gasteiger partial charge in [0.25, 0.3) is 0 Å². The second kappa shape index (κ2) is 11.0. The van der Waals surface area contributed by atoms with Gasteiger partial charge in [0.2, 0.25) is 0 Å². The molecule has 4 heterocycles. The molecule has 2 fully saturated rings. The van der Waals surface area contributed by atoms with Crippen LogP contribution in [0, 0.1) is 18.6 Å². The SMILES string of the molecule is C1CCOCC1.Cc1cnc2c(-c3ccc(F)cc3F)ncnc2n1.c1cnn(C2CC2)c1. The lowest BCUT2D eigenvalue weighted by Crippen LogP contribution is -2.03. The Hall–Kier alpha value is -3.33. The first-order valence-electron chi connectivity index (χ1n) is 11.1. The molecule has 9 heteroatoms. The number of rotatable bonds is 2. The van der Waals surface area contributed by atoms with Gasteiger partial charge in [0.1, 0.15) is 29.2 Å². The van der Waals surface area contributed by atoms with Crippen molar-refractivity contribution in [1.29, 1.82) is 0 Å². The number of ether oxygens (including phenoxy) is 1. The molecular formula is C24H26F2N6O. The van der Waals surface area contributed by atoms with E-state index in [4.69, 9.17) is 4.74 Å². The van der Waals surface area contributed by atoms with E-state index in [1.54, 1.807) is 13.1 Å². The van der Waals surface area contributed by atoms with Crippen LogP contribution in [0.5, 0.6) is 0 Å². The lowest BCUT2D eigenvalue weighted by molar-refractivity contribution is 0.0968. The minimum atomic E-state index is -0.692. The van der Waals surface area contributed by atoms with Crippen molar-refractivity contribution >= 4 is 11.2 Å². The van der Waals surface area contributed by atoms with Crippen LogP contribution in [0.25, 0.3) is 22.4 Å². The molecule has 33 heavy (non-hydrogen) atoms. The van der Waals surface area contributed by atoms with Crippen molar-refractivity contribution < 1.29 is 13.5 Å². The molecule has 6 rings (SSSR count). The molecule has 4 aromatic rings. The summed E-state index contributed by atoms with van der Waals surface area (Å²) < 4.78 is 33.8. The molecule has 7 nitrogen and oxygen atoms in total. The van der Waals surface area contributed by atoms with Crippen LogP contribution in [0.4, 0.5) is 8.78 Å². The minimum absolute atomic E-state index is 0.173. The first kappa shape index (κ1) is 22.8. The number of benzene rings is 1. The Morgan fingerprint density at radius 2 is 1.85 bits per heavy atom. The summed E-state index contributed by atoms with van der Waals surface area (Å²) in [5.41, 5.74) is 1.95. The van der Waals surface area contributed by atoms with Gasteiger partial charge in [-0.05, 0) is 57.2 Å². The summed E-state index contributed by atoms with van der Waals surface area (Å²) in [4.78, 5) is 16.4. The van der Waals surface area contributed by atoms with Crippen molar-refractivity contribution in [2.75, 3.05) is 13.2 Å². The summed E-state index contributed by atoms with van der Waals surface area (Å²) in [7, 11) is 0. The monoisotopic (exact) mass is 452 g/mol. The molecule has 0 N–H and O–H groups in total. The van der Waals surface area contributed by atoms with E-state index >= 15 is 0 Å². The predicted octanol–water partition coefficient (Wildman–Crippen LogP) is 5.08. The molecule has 1 aromatic carbocycles. The number of halogens is 2. The van der Waals surface area contributed by atoms with E-state index in [0.717, 1.165) is 25.3 Å². The zero-order chi connectivity index (χ0) is 23.0. The van der Waals surface area contributed by atoms with E-state index in [-0.39, 0.29) is 5.56 Å². The Kier molecular flexibility index (Phi) is 7.62. The Labute approximate surface area is 190 Å². The van der Waals surface area contributed by atoms with Gasteiger partial charge < -0.3 is 4.74 Å². The highest BCUT2D eigenvalue weighted by atomic mass is 19.1. The van der Waals surface area contributed by atoms with Gasteiger partial charge in [0.15, 0.2) is 5.65 Å². The van der Waals surface area contributed by atoms with Gasteiger partial charge >= 0.3 is 0 Å². The number of hydrogen-bond acceptors (Lipinski definition) is 6. The molecule has 1 aliphatic heterocycles. The second-order valence-electron chi connectivity index (χ2n) is 7.92. The number of hydrogen-bond donors (Lipinski definition) is 0. The Morgan fingerprint density at radius 1 is 1.03 bits per heavy atom. The fourth-order valence-corrected chi connectivity index (χ4v) is 3.33. The molecule has 172 valence electrons. The van der Waals surface area contributed by atoms with Gasteiger partial charge in [-0.15, -0.1) is 0 Å². The predicted molar refractivity (Wildman–Crippen MR) is 120 cm³/mol.